The number of ether oxygens (including phenoxy) is 1. The van der Waals surface area contributed by atoms with Crippen LogP contribution in [-0.4, -0.2) is 40.8 Å². The van der Waals surface area contributed by atoms with E-state index >= 15 is 0 Å². The average Bonchev–Trinajstić information content (AvgIpc) is 3.10. The zero-order valence-electron chi connectivity index (χ0n) is 15.1. The molecule has 0 fully saturated rings. The lowest BCUT2D eigenvalue weighted by Gasteiger charge is -2.16. The van der Waals surface area contributed by atoms with Gasteiger partial charge in [-0.05, 0) is 30.2 Å². The topological polar surface area (TPSA) is 47.4 Å². The molecule has 0 radical (unpaired) electrons. The number of aromatic nitrogens is 2. The molecule has 0 atom stereocenters. The number of hydrogen-bond donors (Lipinski definition) is 0. The molecule has 1 heterocycles. The Bertz CT molecular complexity index is 858. The smallest absolute Gasteiger partial charge is 0.256 e. The van der Waals surface area contributed by atoms with E-state index in [9.17, 15) is 4.79 Å². The first kappa shape index (κ1) is 17.7. The number of carbonyl (C=O) groups excluding carboxylic acids is 1. The number of carbonyl (C=O) groups is 1. The number of aryl methyl sites for hydroxylation is 1. The highest BCUT2D eigenvalue weighted by Crippen LogP contribution is 2.12. The summed E-state index contributed by atoms with van der Waals surface area (Å²) in [4.78, 5) is 14.2. The van der Waals surface area contributed by atoms with Crippen molar-refractivity contribution >= 4 is 5.91 Å². The first-order chi connectivity index (χ1) is 12.6. The SMILES string of the molecule is Cc1cccc(OCCN(C)C(=O)c2cnn(Cc3ccccc3)c2)c1. The first-order valence-electron chi connectivity index (χ1n) is 8.63. The fraction of sp³-hybridized carbons (Fsp3) is 0.238. The van der Waals surface area contributed by atoms with E-state index in [2.05, 4.69) is 5.10 Å². The lowest BCUT2D eigenvalue weighted by atomic mass is 10.2. The summed E-state index contributed by atoms with van der Waals surface area (Å²) in [5.41, 5.74) is 2.88. The molecule has 0 N–H and O–H groups in total. The molecule has 0 bridgehead atoms. The van der Waals surface area contributed by atoms with Crippen LogP contribution in [0.25, 0.3) is 0 Å². The van der Waals surface area contributed by atoms with Crippen LogP contribution in [0.3, 0.4) is 0 Å². The number of benzene rings is 2. The van der Waals surface area contributed by atoms with Gasteiger partial charge in [0.1, 0.15) is 12.4 Å². The molecule has 5 heteroatoms. The second-order valence-electron chi connectivity index (χ2n) is 6.30. The highest BCUT2D eigenvalue weighted by molar-refractivity contribution is 5.93. The Hall–Kier alpha value is -3.08. The fourth-order valence-corrected chi connectivity index (χ4v) is 2.66. The molecule has 0 spiro atoms. The third-order valence-electron chi connectivity index (χ3n) is 4.10. The molecule has 2 aromatic carbocycles. The highest BCUT2D eigenvalue weighted by Gasteiger charge is 2.14. The lowest BCUT2D eigenvalue weighted by Crippen LogP contribution is -2.30. The molecule has 26 heavy (non-hydrogen) atoms. The van der Waals surface area contributed by atoms with Crippen molar-refractivity contribution in [3.05, 3.63) is 83.7 Å². The number of hydrogen-bond acceptors (Lipinski definition) is 3. The monoisotopic (exact) mass is 349 g/mol. The molecule has 0 saturated heterocycles. The van der Waals surface area contributed by atoms with E-state index < -0.39 is 0 Å². The normalized spacial score (nSPS) is 10.5. The quantitative estimate of drug-likeness (QED) is 0.657. The number of nitrogens with zero attached hydrogens (tertiary/aromatic N) is 3. The number of likely N-dealkylation sites (N-methyl/N-ethyl adjacent to an activating group) is 1. The predicted molar refractivity (Wildman–Crippen MR) is 101 cm³/mol. The van der Waals surface area contributed by atoms with Crippen molar-refractivity contribution in [2.75, 3.05) is 20.2 Å². The molecule has 134 valence electrons. The first-order valence-corrected chi connectivity index (χ1v) is 8.63. The van der Waals surface area contributed by atoms with Crippen LogP contribution in [-0.2, 0) is 6.54 Å². The van der Waals surface area contributed by atoms with E-state index in [1.165, 1.54) is 0 Å². The Morgan fingerprint density at radius 3 is 2.73 bits per heavy atom. The van der Waals surface area contributed by atoms with Gasteiger partial charge < -0.3 is 9.64 Å². The van der Waals surface area contributed by atoms with Crippen LogP contribution in [0.15, 0.2) is 67.0 Å². The summed E-state index contributed by atoms with van der Waals surface area (Å²) in [5.74, 6) is 0.763. The molecule has 3 aromatic rings. The minimum absolute atomic E-state index is 0.0582. The molecule has 5 nitrogen and oxygen atoms in total. The van der Waals surface area contributed by atoms with Crippen molar-refractivity contribution in [2.45, 2.75) is 13.5 Å². The fourth-order valence-electron chi connectivity index (χ4n) is 2.66. The van der Waals surface area contributed by atoms with Gasteiger partial charge in [-0.3, -0.25) is 9.48 Å². The van der Waals surface area contributed by atoms with E-state index in [4.69, 9.17) is 4.74 Å². The number of amides is 1. The van der Waals surface area contributed by atoms with Gasteiger partial charge in [0.25, 0.3) is 5.91 Å². The largest absolute Gasteiger partial charge is 0.492 e. The Kier molecular flexibility index (Phi) is 5.69. The van der Waals surface area contributed by atoms with Gasteiger partial charge in [0.2, 0.25) is 0 Å². The van der Waals surface area contributed by atoms with Crippen molar-refractivity contribution in [3.63, 3.8) is 0 Å². The van der Waals surface area contributed by atoms with Crippen molar-refractivity contribution < 1.29 is 9.53 Å². The molecule has 0 saturated carbocycles. The number of rotatable bonds is 7. The molecule has 1 aromatic heterocycles. The van der Waals surface area contributed by atoms with Crippen LogP contribution in [0.4, 0.5) is 0 Å². The van der Waals surface area contributed by atoms with E-state index in [-0.39, 0.29) is 5.91 Å². The van der Waals surface area contributed by atoms with Crippen LogP contribution in [0.1, 0.15) is 21.5 Å². The van der Waals surface area contributed by atoms with Crippen LogP contribution in [0.2, 0.25) is 0 Å². The van der Waals surface area contributed by atoms with Crippen molar-refractivity contribution in [2.24, 2.45) is 0 Å². The van der Waals surface area contributed by atoms with Gasteiger partial charge in [0, 0.05) is 13.2 Å². The van der Waals surface area contributed by atoms with E-state index in [0.717, 1.165) is 16.9 Å². The van der Waals surface area contributed by atoms with Gasteiger partial charge in [0.15, 0.2) is 0 Å². The van der Waals surface area contributed by atoms with Crippen LogP contribution < -0.4 is 4.74 Å². The Balaban J connectivity index is 1.52. The van der Waals surface area contributed by atoms with Gasteiger partial charge in [-0.15, -0.1) is 0 Å². The summed E-state index contributed by atoms with van der Waals surface area (Å²) in [6.45, 7) is 3.63. The van der Waals surface area contributed by atoms with Gasteiger partial charge in [-0.25, -0.2) is 0 Å². The summed E-state index contributed by atoms with van der Waals surface area (Å²) in [7, 11) is 1.77. The van der Waals surface area contributed by atoms with Gasteiger partial charge in [-0.2, -0.15) is 5.10 Å². The summed E-state index contributed by atoms with van der Waals surface area (Å²) in [6.07, 6.45) is 3.40. The molecule has 0 aliphatic heterocycles. The zero-order valence-corrected chi connectivity index (χ0v) is 15.1. The Morgan fingerprint density at radius 1 is 1.15 bits per heavy atom. The molecule has 0 aliphatic rings. The van der Waals surface area contributed by atoms with E-state index in [1.807, 2.05) is 61.5 Å². The lowest BCUT2D eigenvalue weighted by molar-refractivity contribution is 0.0773. The summed E-state index contributed by atoms with van der Waals surface area (Å²) in [5, 5.41) is 4.29. The molecule has 3 rings (SSSR count). The third kappa shape index (κ3) is 4.72. The van der Waals surface area contributed by atoms with E-state index in [1.54, 1.807) is 29.0 Å². The van der Waals surface area contributed by atoms with Crippen molar-refractivity contribution in [1.82, 2.24) is 14.7 Å². The van der Waals surface area contributed by atoms with Crippen molar-refractivity contribution in [1.29, 1.82) is 0 Å². The predicted octanol–water partition coefficient (Wildman–Crippen LogP) is 3.39. The standard InChI is InChI=1S/C21H23N3O2/c1-17-7-6-10-20(13-17)26-12-11-23(2)21(25)19-14-22-24(16-19)15-18-8-4-3-5-9-18/h3-10,13-14,16H,11-12,15H2,1-2H3. The second kappa shape index (κ2) is 8.34. The van der Waals surface area contributed by atoms with Crippen LogP contribution in [0, 0.1) is 6.92 Å². The summed E-state index contributed by atoms with van der Waals surface area (Å²) in [6, 6.07) is 17.9. The maximum atomic E-state index is 12.5. The minimum Gasteiger partial charge on any atom is -0.492 e. The zero-order chi connectivity index (χ0) is 18.4. The molecule has 0 aliphatic carbocycles. The summed E-state index contributed by atoms with van der Waals surface area (Å²) < 4.78 is 7.49. The van der Waals surface area contributed by atoms with Crippen LogP contribution in [0.5, 0.6) is 5.75 Å². The maximum absolute atomic E-state index is 12.5. The van der Waals surface area contributed by atoms with Gasteiger partial charge >= 0.3 is 0 Å². The second-order valence-corrected chi connectivity index (χ2v) is 6.30. The summed E-state index contributed by atoms with van der Waals surface area (Å²) >= 11 is 0. The average molecular weight is 349 g/mol. The molecule has 0 unspecified atom stereocenters. The van der Waals surface area contributed by atoms with Gasteiger partial charge in [-0.1, -0.05) is 42.5 Å². The van der Waals surface area contributed by atoms with Crippen LogP contribution >= 0.6 is 0 Å². The van der Waals surface area contributed by atoms with Crippen molar-refractivity contribution in [3.8, 4) is 5.75 Å². The Labute approximate surface area is 153 Å². The molecular formula is C21H23N3O2. The van der Waals surface area contributed by atoms with E-state index in [0.29, 0.717) is 25.3 Å². The molecular weight excluding hydrogens is 326 g/mol. The maximum Gasteiger partial charge on any atom is 0.256 e. The minimum atomic E-state index is -0.0582. The highest BCUT2D eigenvalue weighted by atomic mass is 16.5. The van der Waals surface area contributed by atoms with Gasteiger partial charge in [0.05, 0.1) is 24.8 Å². The third-order valence-corrected chi connectivity index (χ3v) is 4.10. The molecule has 1 amide bonds. The Morgan fingerprint density at radius 2 is 1.96 bits per heavy atom.